The van der Waals surface area contributed by atoms with E-state index in [9.17, 15) is 8.42 Å². The van der Waals surface area contributed by atoms with E-state index < -0.39 is 9.46 Å². The van der Waals surface area contributed by atoms with Crippen molar-refractivity contribution < 1.29 is 8.42 Å². The molecule has 4 heteroatoms. The summed E-state index contributed by atoms with van der Waals surface area (Å²) in [5.74, 6) is 0. The Labute approximate surface area is 97.2 Å². The molecule has 0 saturated carbocycles. The highest BCUT2D eigenvalue weighted by molar-refractivity contribution is 8.37. The second kappa shape index (κ2) is 4.36. The third-order valence-electron chi connectivity index (χ3n) is 2.29. The molecule has 0 aliphatic heterocycles. The maximum absolute atomic E-state index is 11.2. The van der Waals surface area contributed by atoms with Gasteiger partial charge in [-0.2, -0.15) is 0 Å². The molecule has 16 heavy (non-hydrogen) atoms. The first-order valence-corrected chi connectivity index (χ1v) is 7.72. The number of hydrogen-bond donors (Lipinski definition) is 0. The van der Waals surface area contributed by atoms with E-state index >= 15 is 0 Å². The molecule has 0 saturated heterocycles. The lowest BCUT2D eigenvalue weighted by atomic mass is 10.1. The smallest absolute Gasteiger partial charge is 0.189 e. The SMILES string of the molecule is O=S(=O)(P)c1ccc(-c2ccccc2)cc1. The molecule has 0 N–H and O–H groups in total. The van der Waals surface area contributed by atoms with Crippen LogP contribution in [0, 0.1) is 0 Å². The van der Waals surface area contributed by atoms with Gasteiger partial charge < -0.3 is 0 Å². The summed E-state index contributed by atoms with van der Waals surface area (Å²) in [7, 11) is -1.34. The summed E-state index contributed by atoms with van der Waals surface area (Å²) in [6.45, 7) is 0. The molecule has 2 aromatic rings. The zero-order chi connectivity index (χ0) is 11.6. The Morgan fingerprint density at radius 2 is 1.25 bits per heavy atom. The predicted octanol–water partition coefficient (Wildman–Crippen LogP) is 2.92. The van der Waals surface area contributed by atoms with Crippen LogP contribution in [0.4, 0.5) is 0 Å². The highest BCUT2D eigenvalue weighted by Crippen LogP contribution is 2.23. The third kappa shape index (κ3) is 2.49. The van der Waals surface area contributed by atoms with Crippen molar-refractivity contribution in [1.29, 1.82) is 0 Å². The standard InChI is InChI=1S/C12H11O2PS/c13-16(14,15)12-8-6-11(7-9-12)10-4-2-1-3-5-10/h1-9H,15H2. The molecule has 0 bridgehead atoms. The fourth-order valence-electron chi connectivity index (χ4n) is 1.47. The molecule has 82 valence electrons. The molecule has 2 nitrogen and oxygen atoms in total. The van der Waals surface area contributed by atoms with Crippen molar-refractivity contribution in [2.45, 2.75) is 4.90 Å². The summed E-state index contributed by atoms with van der Waals surface area (Å²) in [4.78, 5) is 0.317. The predicted molar refractivity (Wildman–Crippen MR) is 68.8 cm³/mol. The van der Waals surface area contributed by atoms with Crippen LogP contribution in [0.2, 0.25) is 0 Å². The van der Waals surface area contributed by atoms with E-state index in [1.165, 1.54) is 0 Å². The van der Waals surface area contributed by atoms with E-state index in [0.717, 1.165) is 11.1 Å². The fraction of sp³-hybridized carbons (Fsp3) is 0. The molecule has 0 aromatic heterocycles. The first kappa shape index (κ1) is 11.3. The number of hydrogen-bond acceptors (Lipinski definition) is 2. The van der Waals surface area contributed by atoms with Crippen LogP contribution in [-0.2, 0) is 9.46 Å². The Balaban J connectivity index is 2.41. The van der Waals surface area contributed by atoms with Gasteiger partial charge in [-0.1, -0.05) is 42.5 Å². The molecule has 0 radical (unpaired) electrons. The van der Waals surface area contributed by atoms with E-state index in [-0.39, 0.29) is 0 Å². The Hall–Kier alpha value is -1.18. The average molecular weight is 250 g/mol. The third-order valence-corrected chi connectivity index (χ3v) is 4.04. The van der Waals surface area contributed by atoms with Crippen molar-refractivity contribution in [3.8, 4) is 11.1 Å². The summed E-state index contributed by atoms with van der Waals surface area (Å²) in [5.41, 5.74) is 2.09. The molecule has 0 fully saturated rings. The molecule has 0 aliphatic carbocycles. The molecule has 1 atom stereocenters. The second-order valence-electron chi connectivity index (χ2n) is 3.44. The number of rotatable bonds is 2. The van der Waals surface area contributed by atoms with Crippen molar-refractivity contribution in [3.05, 3.63) is 54.6 Å². The van der Waals surface area contributed by atoms with Gasteiger partial charge in [-0.25, -0.2) is 8.42 Å². The topological polar surface area (TPSA) is 34.1 Å². The summed E-state index contributed by atoms with van der Waals surface area (Å²) in [6, 6.07) is 16.7. The largest absolute Gasteiger partial charge is 0.220 e. The van der Waals surface area contributed by atoms with Gasteiger partial charge in [0, 0.05) is 0 Å². The van der Waals surface area contributed by atoms with Gasteiger partial charge in [0.15, 0.2) is 9.46 Å². The summed E-state index contributed by atoms with van der Waals surface area (Å²) in [6.07, 6.45) is 0. The van der Waals surface area contributed by atoms with Crippen LogP contribution >= 0.6 is 8.44 Å². The lowest BCUT2D eigenvalue weighted by Crippen LogP contribution is -1.88. The van der Waals surface area contributed by atoms with Crippen LogP contribution in [0.25, 0.3) is 11.1 Å². The van der Waals surface area contributed by atoms with Gasteiger partial charge in [0.1, 0.15) is 0 Å². The maximum Gasteiger partial charge on any atom is 0.189 e. The zero-order valence-electron chi connectivity index (χ0n) is 8.50. The Morgan fingerprint density at radius 3 is 1.75 bits per heavy atom. The van der Waals surface area contributed by atoms with Crippen molar-refractivity contribution in [1.82, 2.24) is 0 Å². The quantitative estimate of drug-likeness (QED) is 0.768. The Kier molecular flexibility index (Phi) is 3.08. The van der Waals surface area contributed by atoms with Gasteiger partial charge in [-0.15, -0.1) is 0 Å². The zero-order valence-corrected chi connectivity index (χ0v) is 10.5. The van der Waals surface area contributed by atoms with E-state index in [2.05, 4.69) is 0 Å². The van der Waals surface area contributed by atoms with Crippen LogP contribution in [-0.4, -0.2) is 8.42 Å². The van der Waals surface area contributed by atoms with Crippen LogP contribution in [0.1, 0.15) is 0 Å². The van der Waals surface area contributed by atoms with Gasteiger partial charge >= 0.3 is 0 Å². The van der Waals surface area contributed by atoms with Crippen LogP contribution in [0.5, 0.6) is 0 Å². The summed E-state index contributed by atoms with van der Waals surface area (Å²) < 4.78 is 22.5. The van der Waals surface area contributed by atoms with E-state index in [4.69, 9.17) is 0 Å². The van der Waals surface area contributed by atoms with E-state index in [0.29, 0.717) is 4.90 Å². The van der Waals surface area contributed by atoms with Gasteiger partial charge in [0.25, 0.3) is 0 Å². The minimum atomic E-state index is -3.19. The molecule has 1 unspecified atom stereocenters. The van der Waals surface area contributed by atoms with Crippen molar-refractivity contribution >= 4 is 17.9 Å². The Bertz CT molecular complexity index is 574. The first-order chi connectivity index (χ1) is 7.57. The molecule has 0 spiro atoms. The molecule has 0 heterocycles. The van der Waals surface area contributed by atoms with E-state index in [1.807, 2.05) is 50.9 Å². The average Bonchev–Trinajstić information content (AvgIpc) is 2.29. The van der Waals surface area contributed by atoms with E-state index in [1.54, 1.807) is 12.1 Å². The van der Waals surface area contributed by atoms with Gasteiger partial charge in [0.2, 0.25) is 0 Å². The monoisotopic (exact) mass is 250 g/mol. The Morgan fingerprint density at radius 1 is 0.750 bits per heavy atom. The fourth-order valence-corrected chi connectivity index (χ4v) is 2.45. The minimum absolute atomic E-state index is 0.317. The first-order valence-electron chi connectivity index (χ1n) is 4.76. The maximum atomic E-state index is 11.2. The van der Waals surface area contributed by atoms with Gasteiger partial charge in [0.05, 0.1) is 4.90 Å². The normalized spacial score (nSPS) is 11.3. The van der Waals surface area contributed by atoms with Crippen LogP contribution < -0.4 is 0 Å². The van der Waals surface area contributed by atoms with Gasteiger partial charge in [-0.3, -0.25) is 0 Å². The van der Waals surface area contributed by atoms with Crippen molar-refractivity contribution in [3.63, 3.8) is 0 Å². The summed E-state index contributed by atoms with van der Waals surface area (Å²) >= 11 is 0. The lowest BCUT2D eigenvalue weighted by Gasteiger charge is -2.02. The molecule has 0 amide bonds. The molecular weight excluding hydrogens is 239 g/mol. The highest BCUT2D eigenvalue weighted by Gasteiger charge is 2.06. The number of benzene rings is 2. The van der Waals surface area contributed by atoms with Crippen molar-refractivity contribution in [2.24, 2.45) is 0 Å². The molecule has 2 aromatic carbocycles. The lowest BCUT2D eigenvalue weighted by molar-refractivity contribution is 0.610. The molecular formula is C12H11O2PS. The molecule has 2 rings (SSSR count). The van der Waals surface area contributed by atoms with Crippen LogP contribution in [0.15, 0.2) is 59.5 Å². The second-order valence-corrected chi connectivity index (χ2v) is 6.86. The van der Waals surface area contributed by atoms with Crippen LogP contribution in [0.3, 0.4) is 0 Å². The highest BCUT2D eigenvalue weighted by atomic mass is 32.7. The summed E-state index contributed by atoms with van der Waals surface area (Å²) in [5, 5.41) is 0. The molecule has 0 aliphatic rings. The van der Waals surface area contributed by atoms with Gasteiger partial charge in [-0.05, 0) is 31.7 Å². The minimum Gasteiger partial charge on any atom is -0.220 e. The van der Waals surface area contributed by atoms with Crippen molar-refractivity contribution in [2.75, 3.05) is 0 Å².